The summed E-state index contributed by atoms with van der Waals surface area (Å²) < 4.78 is 5.18. The van der Waals surface area contributed by atoms with Crippen molar-refractivity contribution >= 4 is 33.4 Å². The summed E-state index contributed by atoms with van der Waals surface area (Å²) in [5.74, 6) is 0.777. The highest BCUT2D eigenvalue weighted by molar-refractivity contribution is 7.19. The van der Waals surface area contributed by atoms with Crippen LogP contribution in [0.3, 0.4) is 0 Å². The van der Waals surface area contributed by atoms with Crippen LogP contribution in [0, 0.1) is 0 Å². The van der Waals surface area contributed by atoms with Gasteiger partial charge in [0, 0.05) is 5.56 Å². The zero-order chi connectivity index (χ0) is 20.6. The van der Waals surface area contributed by atoms with Crippen molar-refractivity contribution in [2.24, 2.45) is 15.3 Å². The third kappa shape index (κ3) is 4.95. The van der Waals surface area contributed by atoms with Crippen molar-refractivity contribution in [1.82, 2.24) is 4.98 Å². The Morgan fingerprint density at radius 3 is 2.27 bits per heavy atom. The summed E-state index contributed by atoms with van der Waals surface area (Å²) >= 11 is 1.40. The minimum absolute atomic E-state index is 0.643. The molecule has 4 rings (SSSR count). The van der Waals surface area contributed by atoms with Crippen LogP contribution in [0.4, 0.5) is 15.8 Å². The molecule has 0 aliphatic heterocycles. The van der Waals surface area contributed by atoms with Gasteiger partial charge in [0.25, 0.3) is 0 Å². The first-order chi connectivity index (χ1) is 14.8. The lowest BCUT2D eigenvalue weighted by atomic mass is 10.2. The van der Waals surface area contributed by atoms with Crippen LogP contribution in [-0.4, -0.2) is 18.3 Å². The van der Waals surface area contributed by atoms with E-state index in [1.54, 1.807) is 13.3 Å². The highest BCUT2D eigenvalue weighted by Gasteiger charge is 2.13. The summed E-state index contributed by atoms with van der Waals surface area (Å²) in [6.45, 7) is 0. The molecule has 30 heavy (non-hydrogen) atoms. The van der Waals surface area contributed by atoms with Gasteiger partial charge in [0.2, 0.25) is 5.13 Å². The average molecular weight is 414 g/mol. The van der Waals surface area contributed by atoms with Crippen molar-refractivity contribution in [2.75, 3.05) is 12.5 Å². The standard InChI is InChI=1S/C23H19N5OS/c1-29-20-14-12-19(13-15-20)26-27-22-21(18-10-6-3-7-11-18)25-23(30-22)28-24-16-17-8-4-2-5-9-17/h2-16H,1H3,(H,25,28)/b24-16+,27-26?. The number of aromatic nitrogens is 1. The van der Waals surface area contributed by atoms with Gasteiger partial charge in [-0.05, 0) is 29.8 Å². The molecule has 1 N–H and O–H groups in total. The fourth-order valence-corrected chi connectivity index (χ4v) is 3.43. The van der Waals surface area contributed by atoms with Crippen LogP contribution < -0.4 is 10.2 Å². The van der Waals surface area contributed by atoms with E-state index in [-0.39, 0.29) is 0 Å². The molecule has 0 bridgehead atoms. The van der Waals surface area contributed by atoms with Gasteiger partial charge in [-0.15, -0.1) is 10.2 Å². The van der Waals surface area contributed by atoms with Crippen LogP contribution in [0.5, 0.6) is 5.75 Å². The summed E-state index contributed by atoms with van der Waals surface area (Å²) in [5, 5.41) is 14.4. The number of hydrogen-bond acceptors (Lipinski definition) is 7. The van der Waals surface area contributed by atoms with Crippen LogP contribution in [0.2, 0.25) is 0 Å². The molecule has 4 aromatic rings. The van der Waals surface area contributed by atoms with Crippen molar-refractivity contribution in [3.05, 3.63) is 90.5 Å². The molecule has 0 saturated heterocycles. The Bertz CT molecular complexity index is 1140. The zero-order valence-corrected chi connectivity index (χ0v) is 17.1. The maximum absolute atomic E-state index is 5.18. The number of benzene rings is 3. The van der Waals surface area contributed by atoms with Crippen LogP contribution in [0.25, 0.3) is 11.3 Å². The van der Waals surface area contributed by atoms with Gasteiger partial charge in [-0.1, -0.05) is 72.0 Å². The summed E-state index contributed by atoms with van der Waals surface area (Å²) in [7, 11) is 1.63. The maximum atomic E-state index is 5.18. The lowest BCUT2D eigenvalue weighted by Gasteiger charge is -1.99. The van der Waals surface area contributed by atoms with Crippen molar-refractivity contribution in [1.29, 1.82) is 0 Å². The first kappa shape index (κ1) is 19.5. The Morgan fingerprint density at radius 2 is 1.57 bits per heavy atom. The molecule has 1 heterocycles. The number of hydrazone groups is 1. The summed E-state index contributed by atoms with van der Waals surface area (Å²) in [6, 6.07) is 27.2. The topological polar surface area (TPSA) is 71.2 Å². The van der Waals surface area contributed by atoms with E-state index in [4.69, 9.17) is 4.74 Å². The lowest BCUT2D eigenvalue weighted by molar-refractivity contribution is 0.415. The highest BCUT2D eigenvalue weighted by atomic mass is 32.1. The normalized spacial score (nSPS) is 11.2. The largest absolute Gasteiger partial charge is 0.497 e. The molecule has 0 atom stereocenters. The Morgan fingerprint density at radius 1 is 0.867 bits per heavy atom. The lowest BCUT2D eigenvalue weighted by Crippen LogP contribution is -1.89. The molecule has 0 radical (unpaired) electrons. The van der Waals surface area contributed by atoms with Gasteiger partial charge >= 0.3 is 0 Å². The molecule has 1 aromatic heterocycles. The van der Waals surface area contributed by atoms with Gasteiger partial charge < -0.3 is 4.74 Å². The molecule has 0 amide bonds. The average Bonchev–Trinajstić information content (AvgIpc) is 3.22. The van der Waals surface area contributed by atoms with Gasteiger partial charge in [-0.2, -0.15) is 5.10 Å². The number of thiazole rings is 1. The van der Waals surface area contributed by atoms with E-state index in [9.17, 15) is 0 Å². The second kappa shape index (κ2) is 9.58. The minimum Gasteiger partial charge on any atom is -0.497 e. The molecule has 3 aromatic carbocycles. The van der Waals surface area contributed by atoms with Crippen LogP contribution in [0.15, 0.2) is 100 Å². The molecule has 0 aliphatic rings. The quantitative estimate of drug-likeness (QED) is 0.209. The minimum atomic E-state index is 0.643. The van der Waals surface area contributed by atoms with Gasteiger partial charge in [0.15, 0.2) is 5.00 Å². The van der Waals surface area contributed by atoms with E-state index in [1.807, 2.05) is 84.9 Å². The predicted octanol–water partition coefficient (Wildman–Crippen LogP) is 6.68. The fourth-order valence-electron chi connectivity index (χ4n) is 2.66. The van der Waals surface area contributed by atoms with E-state index in [2.05, 4.69) is 25.7 Å². The van der Waals surface area contributed by atoms with Crippen molar-refractivity contribution < 1.29 is 4.74 Å². The van der Waals surface area contributed by atoms with Gasteiger partial charge in [-0.25, -0.2) is 4.98 Å². The number of hydrogen-bond donors (Lipinski definition) is 1. The van der Waals surface area contributed by atoms with Gasteiger partial charge in [0.05, 0.1) is 19.0 Å². The molecule has 0 spiro atoms. The second-order valence-electron chi connectivity index (χ2n) is 6.22. The van der Waals surface area contributed by atoms with Crippen LogP contribution in [-0.2, 0) is 0 Å². The van der Waals surface area contributed by atoms with Crippen LogP contribution in [0.1, 0.15) is 5.56 Å². The fraction of sp³-hybridized carbons (Fsp3) is 0.0435. The Kier molecular flexibility index (Phi) is 6.22. The summed E-state index contributed by atoms with van der Waals surface area (Å²) in [5.41, 5.74) is 6.46. The molecular formula is C23H19N5OS. The molecule has 0 unspecified atom stereocenters. The summed E-state index contributed by atoms with van der Waals surface area (Å²) in [6.07, 6.45) is 1.75. The predicted molar refractivity (Wildman–Crippen MR) is 122 cm³/mol. The van der Waals surface area contributed by atoms with E-state index in [0.717, 1.165) is 28.3 Å². The smallest absolute Gasteiger partial charge is 0.206 e. The number of nitrogens with zero attached hydrogens (tertiary/aromatic N) is 4. The van der Waals surface area contributed by atoms with E-state index in [1.165, 1.54) is 11.3 Å². The van der Waals surface area contributed by atoms with Gasteiger partial charge in [0.1, 0.15) is 11.4 Å². The molecule has 0 fully saturated rings. The highest BCUT2D eigenvalue weighted by Crippen LogP contribution is 2.39. The first-order valence-electron chi connectivity index (χ1n) is 9.28. The number of azo groups is 1. The zero-order valence-electron chi connectivity index (χ0n) is 16.3. The number of anilines is 1. The van der Waals surface area contributed by atoms with Crippen molar-refractivity contribution in [3.8, 4) is 17.0 Å². The molecule has 0 aliphatic carbocycles. The maximum Gasteiger partial charge on any atom is 0.206 e. The molecule has 6 nitrogen and oxygen atoms in total. The molecule has 148 valence electrons. The van der Waals surface area contributed by atoms with E-state index in [0.29, 0.717) is 10.1 Å². The third-order valence-corrected chi connectivity index (χ3v) is 5.00. The SMILES string of the molecule is COc1ccc(N=Nc2sc(N/N=C/c3ccccc3)nc2-c2ccccc2)cc1. The number of methoxy groups -OCH3 is 1. The summed E-state index contributed by atoms with van der Waals surface area (Å²) in [4.78, 5) is 4.67. The van der Waals surface area contributed by atoms with E-state index >= 15 is 0 Å². The van der Waals surface area contributed by atoms with E-state index < -0.39 is 0 Å². The monoisotopic (exact) mass is 413 g/mol. The second-order valence-corrected chi connectivity index (χ2v) is 7.20. The molecule has 7 heteroatoms. The molecular weight excluding hydrogens is 394 g/mol. The van der Waals surface area contributed by atoms with Crippen molar-refractivity contribution in [2.45, 2.75) is 0 Å². The Balaban J connectivity index is 1.59. The Hall–Kier alpha value is -3.84. The van der Waals surface area contributed by atoms with Crippen molar-refractivity contribution in [3.63, 3.8) is 0 Å². The van der Waals surface area contributed by atoms with Gasteiger partial charge in [-0.3, -0.25) is 5.43 Å². The Labute approximate surface area is 178 Å². The number of ether oxygens (including phenoxy) is 1. The number of nitrogens with one attached hydrogen (secondary N) is 1. The van der Waals surface area contributed by atoms with Crippen LogP contribution >= 0.6 is 11.3 Å². The first-order valence-corrected chi connectivity index (χ1v) is 10.1. The number of rotatable bonds is 7. The third-order valence-electron chi connectivity index (χ3n) is 4.16. The molecule has 0 saturated carbocycles.